The number of halogens is 1. The fraction of sp³-hybridized carbons (Fsp3) is 0.233. The van der Waals surface area contributed by atoms with E-state index in [1.807, 2.05) is 44.2 Å². The quantitative estimate of drug-likeness (QED) is 0.308. The molecule has 34 heavy (non-hydrogen) atoms. The summed E-state index contributed by atoms with van der Waals surface area (Å²) in [6.07, 6.45) is 9.54. The molecule has 3 aromatic rings. The molecule has 0 saturated heterocycles. The molecule has 3 nitrogen and oxygen atoms in total. The topological polar surface area (TPSA) is 35.5 Å². The summed E-state index contributed by atoms with van der Waals surface area (Å²) < 4.78 is 25.6. The summed E-state index contributed by atoms with van der Waals surface area (Å²) in [7, 11) is 0. The van der Waals surface area contributed by atoms with E-state index in [0.29, 0.717) is 30.1 Å². The van der Waals surface area contributed by atoms with Crippen molar-refractivity contribution in [3.05, 3.63) is 119 Å². The molecule has 1 aliphatic rings. The van der Waals surface area contributed by atoms with E-state index in [0.717, 1.165) is 35.8 Å². The van der Waals surface area contributed by atoms with Gasteiger partial charge in [-0.2, -0.15) is 0 Å². The Hall–Kier alpha value is -3.66. The van der Waals surface area contributed by atoms with Crippen molar-refractivity contribution in [3.63, 3.8) is 0 Å². The van der Waals surface area contributed by atoms with E-state index >= 15 is 0 Å². The smallest absolute Gasteiger partial charge is 0.163 e. The number of rotatable bonds is 9. The molecule has 1 aliphatic carbocycles. The molecule has 0 amide bonds. The van der Waals surface area contributed by atoms with Crippen LogP contribution in [0.25, 0.3) is 0 Å². The minimum atomic E-state index is -0.311. The SMILES string of the molecule is CC.O=Cc1ccc(OCCc2ccc(F)cc2)c(OC(C2=CCCC=C2)c2ccccc2)c1. The number of allylic oxidation sites excluding steroid dienone is 2. The predicted octanol–water partition coefficient (Wildman–Crippen LogP) is 7.68. The first-order valence-electron chi connectivity index (χ1n) is 11.8. The van der Waals surface area contributed by atoms with E-state index < -0.39 is 0 Å². The van der Waals surface area contributed by atoms with Crippen LogP contribution in [-0.2, 0) is 6.42 Å². The minimum Gasteiger partial charge on any atom is -0.489 e. The van der Waals surface area contributed by atoms with Gasteiger partial charge >= 0.3 is 0 Å². The number of benzene rings is 3. The Bertz CT molecular complexity index is 1100. The van der Waals surface area contributed by atoms with Gasteiger partial charge in [-0.3, -0.25) is 4.79 Å². The Labute approximate surface area is 201 Å². The van der Waals surface area contributed by atoms with Gasteiger partial charge in [-0.1, -0.05) is 74.5 Å². The van der Waals surface area contributed by atoms with Crippen LogP contribution in [0.2, 0.25) is 0 Å². The van der Waals surface area contributed by atoms with Gasteiger partial charge in [-0.05, 0) is 59.9 Å². The maximum absolute atomic E-state index is 13.1. The van der Waals surface area contributed by atoms with Gasteiger partial charge in [0.2, 0.25) is 0 Å². The van der Waals surface area contributed by atoms with Crippen molar-refractivity contribution in [2.75, 3.05) is 6.61 Å². The van der Waals surface area contributed by atoms with E-state index in [4.69, 9.17) is 9.47 Å². The largest absolute Gasteiger partial charge is 0.489 e. The number of aldehydes is 1. The van der Waals surface area contributed by atoms with Crippen LogP contribution in [0.4, 0.5) is 4.39 Å². The zero-order valence-electron chi connectivity index (χ0n) is 19.7. The van der Waals surface area contributed by atoms with Gasteiger partial charge in [0.25, 0.3) is 0 Å². The molecule has 1 atom stereocenters. The third-order valence-corrected chi connectivity index (χ3v) is 5.34. The van der Waals surface area contributed by atoms with E-state index in [-0.39, 0.29) is 11.9 Å². The predicted molar refractivity (Wildman–Crippen MR) is 135 cm³/mol. The number of hydrogen-bond acceptors (Lipinski definition) is 3. The van der Waals surface area contributed by atoms with Crippen molar-refractivity contribution in [3.8, 4) is 11.5 Å². The van der Waals surface area contributed by atoms with E-state index in [2.05, 4.69) is 18.2 Å². The second-order valence-corrected chi connectivity index (χ2v) is 7.64. The molecule has 0 N–H and O–H groups in total. The van der Waals surface area contributed by atoms with E-state index in [1.165, 1.54) is 12.1 Å². The molecule has 0 aromatic heterocycles. The summed E-state index contributed by atoms with van der Waals surface area (Å²) >= 11 is 0. The first kappa shape index (κ1) is 25.0. The maximum Gasteiger partial charge on any atom is 0.163 e. The summed E-state index contributed by atoms with van der Waals surface area (Å²) in [5.41, 5.74) is 3.61. The van der Waals surface area contributed by atoms with Gasteiger partial charge in [0.15, 0.2) is 11.5 Å². The van der Waals surface area contributed by atoms with Gasteiger partial charge < -0.3 is 9.47 Å². The van der Waals surface area contributed by atoms with Crippen LogP contribution in [0.1, 0.15) is 54.3 Å². The fourth-order valence-corrected chi connectivity index (χ4v) is 3.65. The Balaban J connectivity index is 0.00000158. The molecule has 0 spiro atoms. The molecule has 4 heteroatoms. The number of hydrogen-bond donors (Lipinski definition) is 0. The van der Waals surface area contributed by atoms with Gasteiger partial charge in [0, 0.05) is 12.0 Å². The van der Waals surface area contributed by atoms with Crippen LogP contribution < -0.4 is 9.47 Å². The van der Waals surface area contributed by atoms with Crippen LogP contribution in [0.5, 0.6) is 11.5 Å². The lowest BCUT2D eigenvalue weighted by molar-refractivity contribution is 0.112. The Kier molecular flexibility index (Phi) is 9.65. The van der Waals surface area contributed by atoms with Crippen molar-refractivity contribution in [2.45, 2.75) is 39.2 Å². The second-order valence-electron chi connectivity index (χ2n) is 7.64. The monoisotopic (exact) mass is 458 g/mol. The molecule has 0 bridgehead atoms. The highest BCUT2D eigenvalue weighted by molar-refractivity contribution is 5.76. The molecule has 176 valence electrons. The molecular weight excluding hydrogens is 427 g/mol. The molecule has 3 aromatic carbocycles. The molecule has 0 heterocycles. The average molecular weight is 459 g/mol. The maximum atomic E-state index is 13.1. The molecule has 0 saturated carbocycles. The van der Waals surface area contributed by atoms with Crippen LogP contribution in [0.3, 0.4) is 0 Å². The zero-order chi connectivity index (χ0) is 24.2. The van der Waals surface area contributed by atoms with Crippen LogP contribution in [0, 0.1) is 5.82 Å². The summed E-state index contributed by atoms with van der Waals surface area (Å²) in [4.78, 5) is 11.4. The number of ether oxygens (including phenoxy) is 2. The number of carbonyl (C=O) groups excluding carboxylic acids is 1. The van der Waals surface area contributed by atoms with Crippen LogP contribution in [-0.4, -0.2) is 12.9 Å². The van der Waals surface area contributed by atoms with Crippen molar-refractivity contribution >= 4 is 6.29 Å². The van der Waals surface area contributed by atoms with Gasteiger partial charge in [-0.15, -0.1) is 0 Å². The van der Waals surface area contributed by atoms with Gasteiger partial charge in [0.1, 0.15) is 18.2 Å². The van der Waals surface area contributed by atoms with Gasteiger partial charge in [0.05, 0.1) is 6.61 Å². The van der Waals surface area contributed by atoms with E-state index in [1.54, 1.807) is 30.3 Å². The van der Waals surface area contributed by atoms with Gasteiger partial charge in [-0.25, -0.2) is 4.39 Å². The highest BCUT2D eigenvalue weighted by Crippen LogP contribution is 2.36. The Morgan fingerprint density at radius 3 is 2.38 bits per heavy atom. The molecule has 0 fully saturated rings. The third kappa shape index (κ3) is 6.92. The standard InChI is InChI=1S/C28H25FO3.C2H6/c29-25-14-11-21(12-15-25)17-18-31-26-16-13-22(20-30)19-27(26)32-28(23-7-3-1-4-8-23)24-9-5-2-6-10-24;1-2/h1,3-5,7-16,19-20,28H,2,6,17-18H2;1-2H3. The van der Waals surface area contributed by atoms with Crippen molar-refractivity contribution in [1.29, 1.82) is 0 Å². The zero-order valence-corrected chi connectivity index (χ0v) is 19.7. The van der Waals surface area contributed by atoms with E-state index in [9.17, 15) is 9.18 Å². The Morgan fingerprint density at radius 2 is 1.71 bits per heavy atom. The lowest BCUT2D eigenvalue weighted by Gasteiger charge is -2.24. The van der Waals surface area contributed by atoms with Crippen molar-refractivity contribution in [2.24, 2.45) is 0 Å². The minimum absolute atomic E-state index is 0.257. The Morgan fingerprint density at radius 1 is 0.941 bits per heavy atom. The molecule has 0 radical (unpaired) electrons. The fourth-order valence-electron chi connectivity index (χ4n) is 3.65. The lowest BCUT2D eigenvalue weighted by Crippen LogP contribution is -2.12. The molecule has 4 rings (SSSR count). The lowest BCUT2D eigenvalue weighted by atomic mass is 9.96. The first-order chi connectivity index (χ1) is 16.7. The summed E-state index contributed by atoms with van der Waals surface area (Å²) in [5, 5.41) is 0. The highest BCUT2D eigenvalue weighted by atomic mass is 19.1. The summed E-state index contributed by atoms with van der Waals surface area (Å²) in [6, 6.07) is 21.6. The second kappa shape index (κ2) is 13.1. The van der Waals surface area contributed by atoms with Crippen LogP contribution >= 0.6 is 0 Å². The van der Waals surface area contributed by atoms with Crippen molar-refractivity contribution in [1.82, 2.24) is 0 Å². The van der Waals surface area contributed by atoms with Crippen molar-refractivity contribution < 1.29 is 18.7 Å². The molecule has 1 unspecified atom stereocenters. The summed E-state index contributed by atoms with van der Waals surface area (Å²) in [5.74, 6) is 0.828. The molecular formula is C30H31FO3. The van der Waals surface area contributed by atoms with Crippen LogP contribution in [0.15, 0.2) is 96.6 Å². The first-order valence-corrected chi connectivity index (χ1v) is 11.8. The number of carbonyl (C=O) groups is 1. The highest BCUT2D eigenvalue weighted by Gasteiger charge is 2.20. The third-order valence-electron chi connectivity index (χ3n) is 5.34. The average Bonchev–Trinajstić information content (AvgIpc) is 2.91. The summed E-state index contributed by atoms with van der Waals surface area (Å²) in [6.45, 7) is 4.40. The molecule has 0 aliphatic heterocycles. The normalized spacial score (nSPS) is 13.2.